The first-order valence-corrected chi connectivity index (χ1v) is 9.71. The van der Waals surface area contributed by atoms with Gasteiger partial charge in [0.15, 0.2) is 0 Å². The molecule has 0 aliphatic carbocycles. The van der Waals surface area contributed by atoms with Crippen LogP contribution >= 0.6 is 0 Å². The highest BCUT2D eigenvalue weighted by Gasteiger charge is 2.18. The quantitative estimate of drug-likeness (QED) is 0.840. The zero-order chi connectivity index (χ0) is 19.5. The molecule has 1 amide bonds. The second-order valence-electron chi connectivity index (χ2n) is 6.27. The third-order valence-electron chi connectivity index (χ3n) is 4.10. The monoisotopic (exact) mass is 378 g/mol. The van der Waals surface area contributed by atoms with Crippen molar-refractivity contribution < 1.29 is 17.6 Å². The SMILES string of the molecule is CC(=O)N(CCNS(=O)(=O)c1ccc(F)c(C)c1)c1cc(C)ccc1C. The van der Waals surface area contributed by atoms with E-state index >= 15 is 0 Å². The van der Waals surface area contributed by atoms with E-state index in [1.165, 1.54) is 26.0 Å². The number of hydrogen-bond donors (Lipinski definition) is 1. The number of halogens is 1. The minimum Gasteiger partial charge on any atom is -0.311 e. The minimum atomic E-state index is -3.78. The number of benzene rings is 2. The minimum absolute atomic E-state index is 0.00230. The predicted octanol–water partition coefficient (Wildman–Crippen LogP) is 3.08. The summed E-state index contributed by atoms with van der Waals surface area (Å²) in [5.74, 6) is -0.628. The maximum absolute atomic E-state index is 13.3. The summed E-state index contributed by atoms with van der Waals surface area (Å²) in [6.07, 6.45) is 0. The zero-order valence-corrected chi connectivity index (χ0v) is 16.2. The lowest BCUT2D eigenvalue weighted by atomic mass is 10.1. The van der Waals surface area contributed by atoms with Crippen LogP contribution in [0.15, 0.2) is 41.3 Å². The van der Waals surface area contributed by atoms with Gasteiger partial charge in [0.05, 0.1) is 4.90 Å². The molecular weight excluding hydrogens is 355 g/mol. The Kier molecular flexibility index (Phi) is 6.15. The standard InChI is InChI=1S/C19H23FN2O3S/c1-13-5-6-14(2)19(11-13)22(16(4)23)10-9-21-26(24,25)17-7-8-18(20)15(3)12-17/h5-8,11-12,21H,9-10H2,1-4H3. The molecule has 26 heavy (non-hydrogen) atoms. The van der Waals surface area contributed by atoms with E-state index in [1.54, 1.807) is 4.90 Å². The highest BCUT2D eigenvalue weighted by Crippen LogP contribution is 2.21. The molecule has 0 fully saturated rings. The summed E-state index contributed by atoms with van der Waals surface area (Å²) in [4.78, 5) is 13.6. The molecule has 0 aliphatic rings. The summed E-state index contributed by atoms with van der Waals surface area (Å²) in [5, 5.41) is 0. The Morgan fingerprint density at radius 1 is 1.08 bits per heavy atom. The van der Waals surface area contributed by atoms with E-state index in [2.05, 4.69) is 4.72 Å². The molecule has 0 saturated carbocycles. The van der Waals surface area contributed by atoms with Crippen molar-refractivity contribution in [1.29, 1.82) is 0 Å². The number of anilines is 1. The van der Waals surface area contributed by atoms with Gasteiger partial charge in [-0.3, -0.25) is 4.79 Å². The molecule has 2 rings (SSSR count). The fraction of sp³-hybridized carbons (Fsp3) is 0.316. The Morgan fingerprint density at radius 3 is 2.38 bits per heavy atom. The number of amides is 1. The Balaban J connectivity index is 2.13. The van der Waals surface area contributed by atoms with E-state index < -0.39 is 15.8 Å². The zero-order valence-electron chi connectivity index (χ0n) is 15.3. The molecule has 0 spiro atoms. The molecule has 5 nitrogen and oxygen atoms in total. The number of rotatable bonds is 6. The van der Waals surface area contributed by atoms with Crippen LogP contribution in [0.3, 0.4) is 0 Å². The number of sulfonamides is 1. The van der Waals surface area contributed by atoms with Crippen molar-refractivity contribution in [3.63, 3.8) is 0 Å². The summed E-state index contributed by atoms with van der Waals surface area (Å²) in [6.45, 7) is 7.02. The normalized spacial score (nSPS) is 11.4. The molecular formula is C19H23FN2O3S. The van der Waals surface area contributed by atoms with E-state index in [0.717, 1.165) is 22.9 Å². The Morgan fingerprint density at radius 2 is 1.77 bits per heavy atom. The molecule has 1 N–H and O–H groups in total. The van der Waals surface area contributed by atoms with Crippen molar-refractivity contribution in [3.8, 4) is 0 Å². The van der Waals surface area contributed by atoms with E-state index in [1.807, 2.05) is 32.0 Å². The summed E-state index contributed by atoms with van der Waals surface area (Å²) in [7, 11) is -3.78. The molecule has 2 aromatic rings. The first-order chi connectivity index (χ1) is 12.1. The first kappa shape index (κ1) is 20.1. The van der Waals surface area contributed by atoms with Crippen LogP contribution in [0.5, 0.6) is 0 Å². The largest absolute Gasteiger partial charge is 0.311 e. The molecule has 0 aromatic heterocycles. The topological polar surface area (TPSA) is 66.5 Å². The van der Waals surface area contributed by atoms with Gasteiger partial charge in [-0.15, -0.1) is 0 Å². The third kappa shape index (κ3) is 4.68. The third-order valence-corrected chi connectivity index (χ3v) is 5.56. The fourth-order valence-corrected chi connectivity index (χ4v) is 3.72. The second kappa shape index (κ2) is 7.97. The first-order valence-electron chi connectivity index (χ1n) is 8.23. The van der Waals surface area contributed by atoms with Crippen LogP contribution in [0.25, 0.3) is 0 Å². The molecule has 0 bridgehead atoms. The Bertz CT molecular complexity index is 926. The van der Waals surface area contributed by atoms with Gasteiger partial charge in [0, 0.05) is 25.7 Å². The number of carbonyl (C=O) groups excluding carboxylic acids is 1. The van der Waals surface area contributed by atoms with Crippen LogP contribution in [0.1, 0.15) is 23.6 Å². The van der Waals surface area contributed by atoms with Crippen molar-refractivity contribution in [3.05, 3.63) is 58.9 Å². The van der Waals surface area contributed by atoms with Crippen LogP contribution in [-0.4, -0.2) is 27.4 Å². The van der Waals surface area contributed by atoms with Gasteiger partial charge in [-0.05, 0) is 61.7 Å². The van der Waals surface area contributed by atoms with E-state index in [4.69, 9.17) is 0 Å². The van der Waals surface area contributed by atoms with E-state index in [0.29, 0.717) is 0 Å². The van der Waals surface area contributed by atoms with Gasteiger partial charge < -0.3 is 4.90 Å². The molecule has 0 heterocycles. The van der Waals surface area contributed by atoms with Gasteiger partial charge in [-0.1, -0.05) is 12.1 Å². The second-order valence-corrected chi connectivity index (χ2v) is 8.04. The predicted molar refractivity (Wildman–Crippen MR) is 100 cm³/mol. The van der Waals surface area contributed by atoms with Gasteiger partial charge in [0.25, 0.3) is 0 Å². The number of nitrogens with one attached hydrogen (secondary N) is 1. The van der Waals surface area contributed by atoms with Crippen molar-refractivity contribution in [2.75, 3.05) is 18.0 Å². The molecule has 7 heteroatoms. The van der Waals surface area contributed by atoms with Gasteiger partial charge in [-0.2, -0.15) is 0 Å². The average molecular weight is 378 g/mol. The summed E-state index contributed by atoms with van der Waals surface area (Å²) in [5.41, 5.74) is 2.96. The average Bonchev–Trinajstić information content (AvgIpc) is 2.56. The van der Waals surface area contributed by atoms with Crippen molar-refractivity contribution in [1.82, 2.24) is 4.72 Å². The number of aryl methyl sites for hydroxylation is 3. The molecule has 140 valence electrons. The molecule has 2 aromatic carbocycles. The molecule has 0 aliphatic heterocycles. The van der Waals surface area contributed by atoms with Crippen molar-refractivity contribution in [2.24, 2.45) is 0 Å². The maximum atomic E-state index is 13.3. The van der Waals surface area contributed by atoms with Gasteiger partial charge >= 0.3 is 0 Å². The summed E-state index contributed by atoms with van der Waals surface area (Å²) >= 11 is 0. The van der Waals surface area contributed by atoms with Gasteiger partial charge in [0.1, 0.15) is 5.82 Å². The molecule has 0 atom stereocenters. The van der Waals surface area contributed by atoms with Crippen LogP contribution in [0.2, 0.25) is 0 Å². The smallest absolute Gasteiger partial charge is 0.240 e. The number of nitrogens with zero attached hydrogens (tertiary/aromatic N) is 1. The lowest BCUT2D eigenvalue weighted by molar-refractivity contribution is -0.116. The van der Waals surface area contributed by atoms with E-state index in [9.17, 15) is 17.6 Å². The van der Waals surface area contributed by atoms with Crippen LogP contribution in [0, 0.1) is 26.6 Å². The van der Waals surface area contributed by atoms with Crippen LogP contribution in [0.4, 0.5) is 10.1 Å². The van der Waals surface area contributed by atoms with E-state index in [-0.39, 0.29) is 29.5 Å². The van der Waals surface area contributed by atoms with Gasteiger partial charge in [0.2, 0.25) is 15.9 Å². The lowest BCUT2D eigenvalue weighted by Crippen LogP contribution is -2.38. The summed E-state index contributed by atoms with van der Waals surface area (Å²) in [6, 6.07) is 9.41. The van der Waals surface area contributed by atoms with Crippen LogP contribution < -0.4 is 9.62 Å². The van der Waals surface area contributed by atoms with Crippen LogP contribution in [-0.2, 0) is 14.8 Å². The summed E-state index contributed by atoms with van der Waals surface area (Å²) < 4.78 is 40.5. The number of hydrogen-bond acceptors (Lipinski definition) is 3. The Hall–Kier alpha value is -2.25. The number of carbonyl (C=O) groups is 1. The molecule has 0 radical (unpaired) electrons. The van der Waals surface area contributed by atoms with Crippen molar-refractivity contribution in [2.45, 2.75) is 32.6 Å². The fourth-order valence-electron chi connectivity index (χ4n) is 2.62. The van der Waals surface area contributed by atoms with Crippen molar-refractivity contribution >= 4 is 21.6 Å². The maximum Gasteiger partial charge on any atom is 0.240 e. The molecule has 0 unspecified atom stereocenters. The van der Waals surface area contributed by atoms with Gasteiger partial charge in [-0.25, -0.2) is 17.5 Å². The molecule has 0 saturated heterocycles. The highest BCUT2D eigenvalue weighted by atomic mass is 32.2. The lowest BCUT2D eigenvalue weighted by Gasteiger charge is -2.23. The Labute approximate surface area is 153 Å². The highest BCUT2D eigenvalue weighted by molar-refractivity contribution is 7.89.